The highest BCUT2D eigenvalue weighted by molar-refractivity contribution is 5.94. The van der Waals surface area contributed by atoms with Gasteiger partial charge in [-0.15, -0.1) is 6.58 Å². The second-order valence-corrected chi connectivity index (χ2v) is 14.1. The molecular formula is C37H58N5O15+. The van der Waals surface area contributed by atoms with Crippen LogP contribution in [0, 0.1) is 11.8 Å². The molecule has 320 valence electrons. The smallest absolute Gasteiger partial charge is 0.343 e. The van der Waals surface area contributed by atoms with E-state index in [1.807, 2.05) is 0 Å². The number of carboxylic acids is 1. The van der Waals surface area contributed by atoms with Gasteiger partial charge in [0.15, 0.2) is 18.4 Å². The zero-order valence-corrected chi connectivity index (χ0v) is 31.9. The van der Waals surface area contributed by atoms with Crippen molar-refractivity contribution in [3.63, 3.8) is 0 Å². The van der Waals surface area contributed by atoms with Gasteiger partial charge in [0.25, 0.3) is 0 Å². The van der Waals surface area contributed by atoms with Gasteiger partial charge < -0.3 is 80.5 Å². The Morgan fingerprint density at radius 3 is 2.51 bits per heavy atom. The minimum atomic E-state index is -3.07. The summed E-state index contributed by atoms with van der Waals surface area (Å²) in [6.07, 6.45) is 1.50. The number of carbonyl (C=O) groups is 2. The summed E-state index contributed by atoms with van der Waals surface area (Å²) in [6.45, 7) is 2.59. The van der Waals surface area contributed by atoms with E-state index in [2.05, 4.69) is 22.2 Å². The first-order chi connectivity index (χ1) is 27.3. The van der Waals surface area contributed by atoms with Crippen LogP contribution in [-0.2, 0) is 33.3 Å². The Hall–Kier alpha value is -3.77. The van der Waals surface area contributed by atoms with Gasteiger partial charge in [-0.1, -0.05) is 24.6 Å². The van der Waals surface area contributed by atoms with Crippen LogP contribution in [-0.4, -0.2) is 161 Å². The number of aliphatic hydroxyl groups is 7. The molecular weight excluding hydrogens is 754 g/mol. The molecule has 20 nitrogen and oxygen atoms in total. The summed E-state index contributed by atoms with van der Waals surface area (Å²) in [4.78, 5) is 31.2. The third-order valence-corrected chi connectivity index (χ3v) is 10.1. The highest BCUT2D eigenvalue weighted by atomic mass is 16.8. The molecule has 1 saturated carbocycles. The summed E-state index contributed by atoms with van der Waals surface area (Å²) >= 11 is 0. The molecule has 0 aromatic heterocycles. The lowest BCUT2D eigenvalue weighted by Crippen LogP contribution is -3.09. The minimum Gasteiger partial charge on any atom is -0.477 e. The van der Waals surface area contributed by atoms with E-state index in [1.54, 1.807) is 12.2 Å². The molecule has 0 bridgehead atoms. The van der Waals surface area contributed by atoms with Crippen molar-refractivity contribution in [2.75, 3.05) is 53.1 Å². The molecule has 0 radical (unpaired) electrons. The Balaban J connectivity index is 1.78. The quantitative estimate of drug-likeness (QED) is 0.0149. The molecule has 0 amide bonds. The number of nitrogens with one attached hydrogen (secondary N) is 3. The van der Waals surface area contributed by atoms with Gasteiger partial charge in [-0.2, -0.15) is 0 Å². The van der Waals surface area contributed by atoms with E-state index in [9.17, 15) is 50.4 Å². The van der Waals surface area contributed by atoms with Gasteiger partial charge in [-0.05, 0) is 39.2 Å². The first-order valence-electron chi connectivity index (χ1n) is 19.0. The van der Waals surface area contributed by atoms with Crippen molar-refractivity contribution in [1.82, 2.24) is 10.6 Å². The number of hydrogen-bond acceptors (Lipinski definition) is 16. The Bertz CT molecular complexity index is 1520. The number of rotatable bonds is 19. The van der Waals surface area contributed by atoms with Crippen LogP contribution in [0.5, 0.6) is 0 Å². The van der Waals surface area contributed by atoms with Crippen molar-refractivity contribution >= 4 is 17.9 Å². The zero-order chi connectivity index (χ0) is 41.7. The van der Waals surface area contributed by atoms with E-state index in [0.29, 0.717) is 29.7 Å². The lowest BCUT2D eigenvalue weighted by molar-refractivity contribution is -0.843. The molecule has 0 spiro atoms. The summed E-state index contributed by atoms with van der Waals surface area (Å²) in [5.74, 6) is -7.05. The van der Waals surface area contributed by atoms with Crippen LogP contribution in [0.4, 0.5) is 0 Å². The number of allylic oxidation sites excluding steroid dienone is 1. The number of hydrogen-bond donors (Lipinski definition) is 12. The molecule has 4 rings (SSSR count). The Kier molecular flexibility index (Phi) is 17.6. The number of likely N-dealkylation sites (N-methyl/N-ethyl adjacent to an activating group) is 1. The molecule has 1 unspecified atom stereocenters. The van der Waals surface area contributed by atoms with Gasteiger partial charge in [0.05, 0.1) is 43.3 Å². The first kappa shape index (κ1) is 45.9. The predicted molar refractivity (Wildman–Crippen MR) is 199 cm³/mol. The van der Waals surface area contributed by atoms with Crippen molar-refractivity contribution in [1.29, 1.82) is 0 Å². The van der Waals surface area contributed by atoms with Crippen molar-refractivity contribution in [3.05, 3.63) is 59.7 Å². The van der Waals surface area contributed by atoms with Crippen LogP contribution in [0.2, 0.25) is 0 Å². The fourth-order valence-corrected chi connectivity index (χ4v) is 7.02. The highest BCUT2D eigenvalue weighted by Gasteiger charge is 2.58. The maximum absolute atomic E-state index is 13.9. The van der Waals surface area contributed by atoms with Crippen molar-refractivity contribution in [2.24, 2.45) is 22.6 Å². The normalized spacial score (nSPS) is 30.3. The molecule has 2 fully saturated rings. The van der Waals surface area contributed by atoms with E-state index in [1.165, 1.54) is 19.3 Å². The fourth-order valence-electron chi connectivity index (χ4n) is 7.02. The zero-order valence-electron chi connectivity index (χ0n) is 31.9. The Morgan fingerprint density at radius 2 is 1.89 bits per heavy atom. The average molecular weight is 813 g/mol. The molecule has 57 heavy (non-hydrogen) atoms. The average Bonchev–Trinajstić information content (AvgIpc) is 3.19. The Morgan fingerprint density at radius 1 is 1.16 bits per heavy atom. The van der Waals surface area contributed by atoms with Crippen molar-refractivity contribution in [3.8, 4) is 0 Å². The standard InChI is InChI=1S/C37H57N5O15/c1-3-23-24(11-10-21-16-42(13-15-44)17-25(32(48)49)29(21)41-36(38)40-12-7-14-43)26(33(50)54-22-8-5-4-6-9-22)20-53-34(23)57-35-31(56-28(19-46)39-2)37(51,52)30(47)27(18-45)55-35/h3,10-11,17,20,22-24,27-28,30-31,34-35,39,43-47,51-52H,1,4-9,12-16,18-19H2,2H3,(H,48,49)(H3,38,40,41)/p+1/b11-10+/t23-,24+,27-,28-,30-,31+,34+,35+/m1/s1. The molecule has 1 aliphatic carbocycles. The van der Waals surface area contributed by atoms with E-state index in [0.717, 1.165) is 25.5 Å². The van der Waals surface area contributed by atoms with Crippen LogP contribution in [0.3, 0.4) is 0 Å². The minimum absolute atomic E-state index is 0.0568. The molecule has 0 aromatic rings. The van der Waals surface area contributed by atoms with Crippen LogP contribution in [0.25, 0.3) is 0 Å². The number of nitrogens with zero attached hydrogens (tertiary/aromatic N) is 1. The summed E-state index contributed by atoms with van der Waals surface area (Å²) in [5.41, 5.74) is 6.52. The maximum Gasteiger partial charge on any atom is 0.343 e. The summed E-state index contributed by atoms with van der Waals surface area (Å²) in [5, 5.41) is 87.0. The van der Waals surface area contributed by atoms with Gasteiger partial charge in [0.2, 0.25) is 12.1 Å². The van der Waals surface area contributed by atoms with Gasteiger partial charge in [-0.3, -0.25) is 10.3 Å². The SMILES string of the molecule is C=C[C@H]1[C@H](O[C@@H]2O[C@H](CO)[C@@H](O)C(O)(O)[C@H]2O[C@H](CO)NC)OC=C(C(=O)OC2CCCCC2)[C@H]1/C=C/C1=C(NC(N)=NCCCO)C(C(=O)O)=C[NH+](CCO)C1. The maximum atomic E-state index is 13.9. The largest absolute Gasteiger partial charge is 0.477 e. The number of carbonyl (C=O) groups excluding carboxylic acids is 1. The van der Waals surface area contributed by atoms with Crippen LogP contribution in [0.1, 0.15) is 38.5 Å². The lowest BCUT2D eigenvalue weighted by Gasteiger charge is -2.48. The molecule has 20 heteroatoms. The number of carboxylic acid groups (broad SMARTS) is 1. The van der Waals surface area contributed by atoms with Crippen LogP contribution in [0.15, 0.2) is 64.7 Å². The number of aliphatic imine (C=N–C) groups is 1. The van der Waals surface area contributed by atoms with E-state index >= 15 is 0 Å². The number of guanidine groups is 1. The summed E-state index contributed by atoms with van der Waals surface area (Å²) in [6, 6.07) is 0. The molecule has 13 N–H and O–H groups in total. The molecule has 3 heterocycles. The number of ether oxygens (including phenoxy) is 5. The molecule has 9 atom stereocenters. The lowest BCUT2D eigenvalue weighted by atomic mass is 9.83. The van der Waals surface area contributed by atoms with Gasteiger partial charge >= 0.3 is 11.9 Å². The van der Waals surface area contributed by atoms with Gasteiger partial charge in [0.1, 0.15) is 49.4 Å². The third-order valence-electron chi connectivity index (χ3n) is 10.1. The van der Waals surface area contributed by atoms with Gasteiger partial charge in [-0.25, -0.2) is 9.59 Å². The predicted octanol–water partition coefficient (Wildman–Crippen LogP) is -3.82. The third kappa shape index (κ3) is 11.7. The summed E-state index contributed by atoms with van der Waals surface area (Å²) in [7, 11) is 1.43. The van der Waals surface area contributed by atoms with Crippen molar-refractivity contribution in [2.45, 2.75) is 87.5 Å². The van der Waals surface area contributed by atoms with Gasteiger partial charge in [0, 0.05) is 24.6 Å². The number of quaternary nitrogens is 1. The van der Waals surface area contributed by atoms with E-state index in [4.69, 9.17) is 29.4 Å². The second kappa shape index (κ2) is 21.8. The number of aliphatic hydroxyl groups excluding tert-OH is 5. The molecule has 4 aliphatic rings. The summed E-state index contributed by atoms with van der Waals surface area (Å²) < 4.78 is 29.4. The number of nitrogens with two attached hydrogens (primary N) is 1. The second-order valence-electron chi connectivity index (χ2n) is 14.1. The first-order valence-corrected chi connectivity index (χ1v) is 19.0. The monoisotopic (exact) mass is 812 g/mol. The van der Waals surface area contributed by atoms with E-state index in [-0.39, 0.29) is 61.8 Å². The van der Waals surface area contributed by atoms with Crippen LogP contribution < -0.4 is 21.3 Å². The molecule has 1 saturated heterocycles. The van der Waals surface area contributed by atoms with E-state index < -0.39 is 79.9 Å². The molecule has 3 aliphatic heterocycles. The fraction of sp³-hybridized carbons (Fsp3) is 0.649. The van der Waals surface area contributed by atoms with Crippen molar-refractivity contribution < 1.29 is 79.0 Å². The number of esters is 1. The Labute approximate surface area is 330 Å². The highest BCUT2D eigenvalue weighted by Crippen LogP contribution is 2.39. The topological polar surface area (TPSA) is 309 Å². The van der Waals surface area contributed by atoms with Crippen LogP contribution >= 0.6 is 0 Å². The molecule has 0 aromatic carbocycles. The number of aliphatic carboxylic acids is 1.